The Kier molecular flexibility index (Phi) is 3.96. The average molecular weight is 367 g/mol. The molecule has 1 aromatic carbocycles. The quantitative estimate of drug-likeness (QED) is 0.579. The topological polar surface area (TPSA) is 51.3 Å². The fourth-order valence-electron chi connectivity index (χ4n) is 3.37. The van der Waals surface area contributed by atoms with Gasteiger partial charge in [-0.1, -0.05) is 29.8 Å². The molecule has 132 valence electrons. The number of rotatable bonds is 3. The lowest BCUT2D eigenvalue weighted by atomic mass is 10.00. The molecule has 0 aliphatic rings. The fraction of sp³-hybridized carbons (Fsp3) is 0.200. The zero-order valence-corrected chi connectivity index (χ0v) is 15.6. The van der Waals surface area contributed by atoms with Crippen molar-refractivity contribution in [3.05, 3.63) is 65.1 Å². The van der Waals surface area contributed by atoms with Crippen molar-refractivity contribution in [2.24, 2.45) is 7.05 Å². The summed E-state index contributed by atoms with van der Waals surface area (Å²) >= 11 is 6.10. The first-order chi connectivity index (χ1) is 12.5. The highest BCUT2D eigenvalue weighted by Gasteiger charge is 2.22. The van der Waals surface area contributed by atoms with E-state index in [9.17, 15) is 4.79 Å². The lowest BCUT2D eigenvalue weighted by molar-refractivity contribution is -0.117. The third-order valence-corrected chi connectivity index (χ3v) is 5.01. The van der Waals surface area contributed by atoms with Gasteiger partial charge >= 0.3 is 0 Å². The van der Waals surface area contributed by atoms with Gasteiger partial charge in [0.1, 0.15) is 11.5 Å². The number of benzene rings is 1. The number of hydrogen-bond acceptors (Lipinski definition) is 2. The number of hydrogen-bond donors (Lipinski definition) is 1. The number of imidazole rings is 1. The van der Waals surface area contributed by atoms with Gasteiger partial charge < -0.3 is 9.88 Å². The van der Waals surface area contributed by atoms with Crippen LogP contribution < -0.4 is 5.32 Å². The van der Waals surface area contributed by atoms with Gasteiger partial charge in [-0.15, -0.1) is 0 Å². The number of carbonyl (C=O) groups is 1. The molecular weight excluding hydrogens is 348 g/mol. The molecule has 0 fully saturated rings. The van der Waals surface area contributed by atoms with Crippen LogP contribution in [-0.4, -0.2) is 19.9 Å². The Morgan fingerprint density at radius 3 is 2.77 bits per heavy atom. The molecule has 3 heterocycles. The zero-order chi connectivity index (χ0) is 18.4. The Bertz CT molecular complexity index is 1140. The molecule has 1 atom stereocenters. The summed E-state index contributed by atoms with van der Waals surface area (Å²) in [6.07, 6.45) is 3.78. The monoisotopic (exact) mass is 366 g/mol. The highest BCUT2D eigenvalue weighted by molar-refractivity contribution is 6.30. The Morgan fingerprint density at radius 1 is 1.19 bits per heavy atom. The molecule has 3 aromatic heterocycles. The van der Waals surface area contributed by atoms with Gasteiger partial charge in [0.25, 0.3) is 0 Å². The van der Waals surface area contributed by atoms with E-state index >= 15 is 0 Å². The van der Waals surface area contributed by atoms with E-state index in [4.69, 9.17) is 11.6 Å². The summed E-state index contributed by atoms with van der Waals surface area (Å²) in [6, 6.07) is 11.7. The predicted octanol–water partition coefficient (Wildman–Crippen LogP) is 4.53. The van der Waals surface area contributed by atoms with Gasteiger partial charge in [-0.3, -0.25) is 9.20 Å². The number of pyridine rings is 1. The third kappa shape index (κ3) is 2.65. The van der Waals surface area contributed by atoms with Gasteiger partial charge in [0.15, 0.2) is 0 Å². The van der Waals surface area contributed by atoms with Crippen molar-refractivity contribution in [3.63, 3.8) is 0 Å². The Hall–Kier alpha value is -2.79. The van der Waals surface area contributed by atoms with E-state index < -0.39 is 0 Å². The molecular formula is C20H19ClN4O. The number of carbonyl (C=O) groups excluding carboxylic acids is 1. The van der Waals surface area contributed by atoms with Gasteiger partial charge in [0.2, 0.25) is 5.91 Å². The van der Waals surface area contributed by atoms with Crippen LogP contribution in [0.1, 0.15) is 24.1 Å². The summed E-state index contributed by atoms with van der Waals surface area (Å²) in [7, 11) is 1.99. The smallest absolute Gasteiger partial charge is 0.232 e. The summed E-state index contributed by atoms with van der Waals surface area (Å²) in [5, 5.41) is 4.71. The van der Waals surface area contributed by atoms with E-state index in [1.54, 1.807) is 12.3 Å². The normalized spacial score (nSPS) is 12.6. The lowest BCUT2D eigenvalue weighted by Crippen LogP contribution is -2.20. The van der Waals surface area contributed by atoms with Crippen LogP contribution >= 0.6 is 11.6 Å². The lowest BCUT2D eigenvalue weighted by Gasteiger charge is -2.12. The molecule has 0 spiro atoms. The number of anilines is 1. The van der Waals surface area contributed by atoms with Crippen LogP contribution in [0.5, 0.6) is 0 Å². The number of nitrogens with zero attached hydrogens (tertiary/aromatic N) is 3. The first kappa shape index (κ1) is 16.7. The molecule has 4 rings (SSSR count). The first-order valence-corrected chi connectivity index (χ1v) is 8.82. The molecule has 1 amide bonds. The number of nitrogens with one attached hydrogen (secondary N) is 1. The Labute approximate surface area is 156 Å². The van der Waals surface area contributed by atoms with E-state index in [0.29, 0.717) is 10.8 Å². The summed E-state index contributed by atoms with van der Waals surface area (Å²) in [6.45, 7) is 3.79. The van der Waals surface area contributed by atoms with Crippen LogP contribution in [0.3, 0.4) is 0 Å². The summed E-state index contributed by atoms with van der Waals surface area (Å²) < 4.78 is 3.86. The predicted molar refractivity (Wildman–Crippen MR) is 105 cm³/mol. The summed E-state index contributed by atoms with van der Waals surface area (Å²) in [5.41, 5.74) is 3.62. The molecule has 6 heteroatoms. The number of fused-ring (bicyclic) bond motifs is 2. The van der Waals surface area contributed by atoms with Gasteiger partial charge in [0.05, 0.1) is 16.6 Å². The highest BCUT2D eigenvalue weighted by Crippen LogP contribution is 2.29. The molecule has 0 radical (unpaired) electrons. The maximum atomic E-state index is 13.0. The van der Waals surface area contributed by atoms with Crippen molar-refractivity contribution < 1.29 is 4.79 Å². The molecule has 4 aromatic rings. The van der Waals surface area contributed by atoms with Crippen molar-refractivity contribution in [3.8, 4) is 0 Å². The Balaban J connectivity index is 1.70. The van der Waals surface area contributed by atoms with E-state index in [2.05, 4.69) is 16.4 Å². The van der Waals surface area contributed by atoms with Gasteiger partial charge in [-0.25, -0.2) is 4.98 Å². The number of aryl methyl sites for hydroxylation is 2. The largest absolute Gasteiger partial charge is 0.350 e. The van der Waals surface area contributed by atoms with Crippen molar-refractivity contribution in [1.29, 1.82) is 0 Å². The molecule has 0 saturated carbocycles. The van der Waals surface area contributed by atoms with Crippen LogP contribution in [0.15, 0.2) is 48.8 Å². The summed E-state index contributed by atoms with van der Waals surface area (Å²) in [4.78, 5) is 17.4. The third-order valence-electron chi connectivity index (χ3n) is 4.79. The standard InChI is InChI=1S/C20H19ClN4O/c1-12(16-11-24(3)17-7-5-4-6-15(16)17)20(26)23-19-13(2)22-18-9-8-14(21)10-25(18)19/h4-12H,1-3H3,(H,23,26). The SMILES string of the molecule is Cc1nc2ccc(Cl)cn2c1NC(=O)C(C)c1cn(C)c2ccccc12. The van der Waals surface area contributed by atoms with E-state index in [1.165, 1.54) is 0 Å². The number of amides is 1. The zero-order valence-electron chi connectivity index (χ0n) is 14.8. The minimum absolute atomic E-state index is 0.0776. The second-order valence-electron chi connectivity index (χ2n) is 6.54. The molecule has 26 heavy (non-hydrogen) atoms. The van der Waals surface area contributed by atoms with Crippen molar-refractivity contribution >= 4 is 39.9 Å². The highest BCUT2D eigenvalue weighted by atomic mass is 35.5. The minimum Gasteiger partial charge on any atom is -0.350 e. The Morgan fingerprint density at radius 2 is 1.96 bits per heavy atom. The van der Waals surface area contributed by atoms with Crippen molar-refractivity contribution in [2.75, 3.05) is 5.32 Å². The van der Waals surface area contributed by atoms with Gasteiger partial charge in [0, 0.05) is 30.3 Å². The maximum Gasteiger partial charge on any atom is 0.232 e. The molecule has 0 aliphatic heterocycles. The van der Waals surface area contributed by atoms with Crippen LogP contribution in [-0.2, 0) is 11.8 Å². The van der Waals surface area contributed by atoms with E-state index in [-0.39, 0.29) is 11.8 Å². The summed E-state index contributed by atoms with van der Waals surface area (Å²) in [5.74, 6) is 0.274. The molecule has 0 saturated heterocycles. The van der Waals surface area contributed by atoms with Crippen LogP contribution in [0, 0.1) is 6.92 Å². The second kappa shape index (κ2) is 6.18. The van der Waals surface area contributed by atoms with Gasteiger partial charge in [-0.2, -0.15) is 0 Å². The molecule has 1 unspecified atom stereocenters. The van der Waals surface area contributed by atoms with Crippen LogP contribution in [0.4, 0.5) is 5.82 Å². The van der Waals surface area contributed by atoms with Gasteiger partial charge in [-0.05, 0) is 37.6 Å². The minimum atomic E-state index is -0.301. The number of para-hydroxylation sites is 1. The van der Waals surface area contributed by atoms with Crippen molar-refractivity contribution in [2.45, 2.75) is 19.8 Å². The molecule has 1 N–H and O–H groups in total. The molecule has 0 aliphatic carbocycles. The van der Waals surface area contributed by atoms with Crippen molar-refractivity contribution in [1.82, 2.24) is 14.0 Å². The molecule has 0 bridgehead atoms. The fourth-order valence-corrected chi connectivity index (χ4v) is 3.53. The maximum absolute atomic E-state index is 13.0. The van der Waals surface area contributed by atoms with Crippen LogP contribution in [0.25, 0.3) is 16.6 Å². The average Bonchev–Trinajstić information content (AvgIpc) is 3.12. The number of halogens is 1. The molecule has 5 nitrogen and oxygen atoms in total. The second-order valence-corrected chi connectivity index (χ2v) is 6.98. The van der Waals surface area contributed by atoms with E-state index in [0.717, 1.165) is 27.8 Å². The van der Waals surface area contributed by atoms with Crippen LogP contribution in [0.2, 0.25) is 5.02 Å². The first-order valence-electron chi connectivity index (χ1n) is 8.44. The number of aromatic nitrogens is 3. The van der Waals surface area contributed by atoms with E-state index in [1.807, 2.05) is 60.3 Å².